The quantitative estimate of drug-likeness (QED) is 0.833. The van der Waals surface area contributed by atoms with Gasteiger partial charge in [-0.15, -0.1) is 11.3 Å². The molecule has 0 bridgehead atoms. The van der Waals surface area contributed by atoms with Crippen molar-refractivity contribution < 1.29 is 8.42 Å². The molecule has 3 nitrogen and oxygen atoms in total. The summed E-state index contributed by atoms with van der Waals surface area (Å²) in [5.41, 5.74) is 0. The number of hydrogen-bond donors (Lipinski definition) is 1. The van der Waals surface area contributed by atoms with E-state index >= 15 is 0 Å². The summed E-state index contributed by atoms with van der Waals surface area (Å²) in [7, 11) is -3.44. The second-order valence-electron chi connectivity index (χ2n) is 4.25. The molecule has 1 heterocycles. The minimum atomic E-state index is -3.44. The minimum absolute atomic E-state index is 0.0886. The highest BCUT2D eigenvalue weighted by Gasteiger charge is 2.37. The minimum Gasteiger partial charge on any atom is -0.209 e. The van der Waals surface area contributed by atoms with Crippen molar-refractivity contribution in [2.24, 2.45) is 0 Å². The van der Waals surface area contributed by atoms with Crippen LogP contribution in [0.1, 0.15) is 19.3 Å². The van der Waals surface area contributed by atoms with Crippen LogP contribution in [0.2, 0.25) is 5.02 Å². The molecule has 0 aromatic carbocycles. The van der Waals surface area contributed by atoms with Crippen LogP contribution in [0.5, 0.6) is 0 Å². The van der Waals surface area contributed by atoms with E-state index in [-0.39, 0.29) is 8.96 Å². The van der Waals surface area contributed by atoms with Gasteiger partial charge in [-0.05, 0) is 41.1 Å². The zero-order valence-corrected chi connectivity index (χ0v) is 14.5. The van der Waals surface area contributed by atoms with E-state index in [1.807, 2.05) is 6.26 Å². The third-order valence-electron chi connectivity index (χ3n) is 3.17. The van der Waals surface area contributed by atoms with Crippen molar-refractivity contribution in [3.63, 3.8) is 0 Å². The second-order valence-corrected chi connectivity index (χ2v) is 10.3. The average Bonchev–Trinajstić information content (AvgIpc) is 2.59. The third kappa shape index (κ3) is 3.07. The maximum absolute atomic E-state index is 12.1. The van der Waals surface area contributed by atoms with Gasteiger partial charge in [-0.25, -0.2) is 13.1 Å². The van der Waals surface area contributed by atoms with Crippen molar-refractivity contribution in [2.75, 3.05) is 12.8 Å². The highest BCUT2D eigenvalue weighted by atomic mass is 79.9. The van der Waals surface area contributed by atoms with Gasteiger partial charge in [0, 0.05) is 11.3 Å². The van der Waals surface area contributed by atoms with Gasteiger partial charge in [-0.2, -0.15) is 11.8 Å². The number of rotatable bonds is 5. The van der Waals surface area contributed by atoms with Crippen molar-refractivity contribution in [1.29, 1.82) is 0 Å². The van der Waals surface area contributed by atoms with Crippen LogP contribution >= 0.6 is 50.6 Å². The van der Waals surface area contributed by atoms with Crippen molar-refractivity contribution >= 4 is 60.7 Å². The lowest BCUT2D eigenvalue weighted by Crippen LogP contribution is -2.45. The van der Waals surface area contributed by atoms with Crippen molar-refractivity contribution in [2.45, 2.75) is 28.2 Å². The van der Waals surface area contributed by atoms with Crippen LogP contribution in [0.3, 0.4) is 0 Å². The Balaban J connectivity index is 2.08. The number of nitrogens with one attached hydrogen (secondary N) is 1. The van der Waals surface area contributed by atoms with E-state index in [1.165, 1.54) is 12.5 Å². The SMILES string of the molecule is CSC1(CNS(=O)(=O)c2cc(Cl)c(Br)s2)CCC1. The Kier molecular flexibility index (Phi) is 4.72. The Hall–Kier alpha value is 0.730. The molecule has 0 atom stereocenters. The van der Waals surface area contributed by atoms with E-state index in [1.54, 1.807) is 11.8 Å². The van der Waals surface area contributed by atoms with Crippen molar-refractivity contribution in [3.05, 3.63) is 14.9 Å². The summed E-state index contributed by atoms with van der Waals surface area (Å²) in [5.74, 6) is 0. The van der Waals surface area contributed by atoms with Crippen LogP contribution in [-0.2, 0) is 10.0 Å². The van der Waals surface area contributed by atoms with Crippen LogP contribution in [-0.4, -0.2) is 26.0 Å². The summed E-state index contributed by atoms with van der Waals surface area (Å²) in [4.78, 5) is 0. The summed E-state index contributed by atoms with van der Waals surface area (Å²) < 4.78 is 27.9. The van der Waals surface area contributed by atoms with Crippen LogP contribution in [0.25, 0.3) is 0 Å². The Morgan fingerprint density at radius 2 is 2.28 bits per heavy atom. The molecule has 102 valence electrons. The van der Waals surface area contributed by atoms with Gasteiger partial charge >= 0.3 is 0 Å². The van der Waals surface area contributed by atoms with E-state index in [2.05, 4.69) is 20.7 Å². The lowest BCUT2D eigenvalue weighted by Gasteiger charge is -2.40. The standard InChI is InChI=1S/C10H13BrClNO2S3/c1-16-10(3-2-4-10)6-13-18(14,15)8-5-7(12)9(11)17-8/h5,13H,2-4,6H2,1H3. The fourth-order valence-corrected chi connectivity index (χ4v) is 6.36. The Bertz CT molecular complexity index is 514. The second kappa shape index (κ2) is 5.61. The fraction of sp³-hybridized carbons (Fsp3) is 0.600. The molecule has 1 saturated carbocycles. The molecule has 1 N–H and O–H groups in total. The van der Waals surface area contributed by atoms with E-state index in [4.69, 9.17) is 11.6 Å². The largest absolute Gasteiger partial charge is 0.250 e. The summed E-state index contributed by atoms with van der Waals surface area (Å²) in [5, 5.41) is 0.434. The molecular weight excluding hydrogens is 378 g/mol. The van der Waals surface area contributed by atoms with Gasteiger partial charge in [0.15, 0.2) is 0 Å². The van der Waals surface area contributed by atoms with Gasteiger partial charge in [-0.1, -0.05) is 18.0 Å². The van der Waals surface area contributed by atoms with Crippen LogP contribution in [0.15, 0.2) is 14.1 Å². The van der Waals surface area contributed by atoms with Gasteiger partial charge in [0.05, 0.1) is 8.81 Å². The van der Waals surface area contributed by atoms with Gasteiger partial charge in [0.25, 0.3) is 0 Å². The molecule has 0 unspecified atom stereocenters. The molecule has 8 heteroatoms. The maximum atomic E-state index is 12.1. The first-order valence-corrected chi connectivity index (χ1v) is 10.1. The molecule has 1 aliphatic rings. The maximum Gasteiger partial charge on any atom is 0.250 e. The number of thiophene rings is 1. The lowest BCUT2D eigenvalue weighted by molar-refractivity contribution is 0.362. The summed E-state index contributed by atoms with van der Waals surface area (Å²) in [6, 6.07) is 1.48. The first-order chi connectivity index (χ1) is 8.38. The van der Waals surface area contributed by atoms with E-state index in [0.29, 0.717) is 15.4 Å². The van der Waals surface area contributed by atoms with Crippen LogP contribution in [0.4, 0.5) is 0 Å². The zero-order chi connectivity index (χ0) is 13.4. The van der Waals surface area contributed by atoms with Gasteiger partial charge in [0.2, 0.25) is 10.0 Å². The van der Waals surface area contributed by atoms with Gasteiger partial charge < -0.3 is 0 Å². The average molecular weight is 391 g/mol. The van der Waals surface area contributed by atoms with Gasteiger partial charge in [-0.3, -0.25) is 0 Å². The number of hydrogen-bond acceptors (Lipinski definition) is 4. The molecule has 0 saturated heterocycles. The molecule has 0 spiro atoms. The zero-order valence-electron chi connectivity index (χ0n) is 9.70. The molecule has 18 heavy (non-hydrogen) atoms. The normalized spacial score (nSPS) is 18.6. The van der Waals surface area contributed by atoms with Gasteiger partial charge in [0.1, 0.15) is 4.21 Å². The van der Waals surface area contributed by atoms with E-state index in [0.717, 1.165) is 24.2 Å². The molecular formula is C10H13BrClNO2S3. The third-order valence-corrected chi connectivity index (χ3v) is 8.94. The lowest BCUT2D eigenvalue weighted by atomic mass is 9.84. The molecule has 0 amide bonds. The number of sulfonamides is 1. The summed E-state index contributed by atoms with van der Waals surface area (Å²) in [6.07, 6.45) is 5.36. The monoisotopic (exact) mass is 389 g/mol. The molecule has 1 aromatic heterocycles. The molecule has 0 radical (unpaired) electrons. The fourth-order valence-electron chi connectivity index (χ4n) is 1.78. The van der Waals surface area contributed by atoms with Crippen molar-refractivity contribution in [3.8, 4) is 0 Å². The first kappa shape index (κ1) is 15.1. The number of thioether (sulfide) groups is 1. The summed E-state index contributed by atoms with van der Waals surface area (Å²) >= 11 is 12.0. The number of halogens is 2. The molecule has 2 rings (SSSR count). The molecule has 0 aliphatic heterocycles. The molecule has 1 aromatic rings. The highest BCUT2D eigenvalue weighted by molar-refractivity contribution is 9.11. The topological polar surface area (TPSA) is 46.2 Å². The van der Waals surface area contributed by atoms with E-state index < -0.39 is 10.0 Å². The van der Waals surface area contributed by atoms with Crippen molar-refractivity contribution in [1.82, 2.24) is 4.72 Å². The molecule has 1 fully saturated rings. The van der Waals surface area contributed by atoms with Crippen LogP contribution < -0.4 is 4.72 Å². The highest BCUT2D eigenvalue weighted by Crippen LogP contribution is 2.42. The smallest absolute Gasteiger partial charge is 0.209 e. The predicted molar refractivity (Wildman–Crippen MR) is 82.3 cm³/mol. The summed E-state index contributed by atoms with van der Waals surface area (Å²) in [6.45, 7) is 0.490. The predicted octanol–water partition coefficient (Wildman–Crippen LogP) is 3.73. The Morgan fingerprint density at radius 1 is 1.61 bits per heavy atom. The Morgan fingerprint density at radius 3 is 2.67 bits per heavy atom. The van der Waals surface area contributed by atoms with E-state index in [9.17, 15) is 8.42 Å². The first-order valence-electron chi connectivity index (χ1n) is 5.38. The van der Waals surface area contributed by atoms with Crippen LogP contribution in [0, 0.1) is 0 Å². The molecule has 1 aliphatic carbocycles. The Labute approximate surface area is 129 Å².